The van der Waals surface area contributed by atoms with E-state index in [1.807, 2.05) is 24.3 Å². The van der Waals surface area contributed by atoms with Crippen molar-refractivity contribution in [1.29, 1.82) is 0 Å². The van der Waals surface area contributed by atoms with Crippen LogP contribution in [0.3, 0.4) is 0 Å². The Morgan fingerprint density at radius 3 is 3.11 bits per heavy atom. The normalized spacial score (nSPS) is 17.9. The summed E-state index contributed by atoms with van der Waals surface area (Å²) in [6, 6.07) is 6.80. The van der Waals surface area contributed by atoms with Gasteiger partial charge < -0.3 is 4.74 Å². The molecule has 98 valence electrons. The molecule has 0 unspecified atom stereocenters. The monoisotopic (exact) mass is 259 g/mol. The summed E-state index contributed by atoms with van der Waals surface area (Å²) >= 11 is 0. The van der Waals surface area contributed by atoms with Gasteiger partial charge in [-0.05, 0) is 19.1 Å². The maximum absolute atomic E-state index is 12.0. The zero-order chi connectivity index (χ0) is 13.4. The van der Waals surface area contributed by atoms with Gasteiger partial charge in [-0.1, -0.05) is 12.1 Å². The third-order valence-corrected chi connectivity index (χ3v) is 3.10. The molecule has 6 heteroatoms. The van der Waals surface area contributed by atoms with E-state index in [0.29, 0.717) is 12.6 Å². The van der Waals surface area contributed by atoms with Crippen LogP contribution in [0.4, 0.5) is 5.95 Å². The van der Waals surface area contributed by atoms with Gasteiger partial charge >= 0.3 is 5.97 Å². The van der Waals surface area contributed by atoms with Crippen LogP contribution in [0, 0.1) is 0 Å². The number of esters is 1. The number of nitrogens with one attached hydrogen (secondary N) is 1. The molecule has 1 aliphatic rings. The van der Waals surface area contributed by atoms with E-state index < -0.39 is 12.0 Å². The van der Waals surface area contributed by atoms with Crippen LogP contribution in [-0.2, 0) is 14.3 Å². The fraction of sp³-hybridized carbons (Fsp3) is 0.308. The van der Waals surface area contributed by atoms with Crippen molar-refractivity contribution in [1.82, 2.24) is 9.55 Å². The highest BCUT2D eigenvalue weighted by Gasteiger charge is 2.33. The fourth-order valence-electron chi connectivity index (χ4n) is 2.32. The van der Waals surface area contributed by atoms with Gasteiger partial charge in [0, 0.05) is 0 Å². The van der Waals surface area contributed by atoms with Crippen LogP contribution in [0.15, 0.2) is 24.3 Å². The van der Waals surface area contributed by atoms with Gasteiger partial charge in [0.1, 0.15) is 6.04 Å². The molecule has 1 amide bonds. The Kier molecular flexibility index (Phi) is 2.70. The Labute approximate surface area is 109 Å². The smallest absolute Gasteiger partial charge is 0.329 e. The van der Waals surface area contributed by atoms with Crippen LogP contribution in [0.5, 0.6) is 0 Å². The molecular weight excluding hydrogens is 246 g/mol. The van der Waals surface area contributed by atoms with Crippen LogP contribution in [0.25, 0.3) is 11.0 Å². The highest BCUT2D eigenvalue weighted by atomic mass is 16.5. The first-order valence-electron chi connectivity index (χ1n) is 6.14. The number of ether oxygens (including phenoxy) is 1. The molecule has 3 rings (SSSR count). The second-order valence-corrected chi connectivity index (χ2v) is 4.31. The van der Waals surface area contributed by atoms with Crippen molar-refractivity contribution in [2.75, 3.05) is 11.9 Å². The Bertz CT molecular complexity index is 662. The molecule has 6 nitrogen and oxygen atoms in total. The molecule has 1 aliphatic heterocycles. The van der Waals surface area contributed by atoms with Gasteiger partial charge in [-0.2, -0.15) is 0 Å². The minimum Gasteiger partial charge on any atom is -0.464 e. The number of imidazole rings is 1. The van der Waals surface area contributed by atoms with Crippen molar-refractivity contribution in [3.63, 3.8) is 0 Å². The van der Waals surface area contributed by atoms with Gasteiger partial charge in [-0.15, -0.1) is 0 Å². The van der Waals surface area contributed by atoms with Gasteiger partial charge in [0.2, 0.25) is 11.9 Å². The summed E-state index contributed by atoms with van der Waals surface area (Å²) in [5.41, 5.74) is 1.56. The summed E-state index contributed by atoms with van der Waals surface area (Å²) in [6.45, 7) is 2.03. The molecule has 0 spiro atoms. The lowest BCUT2D eigenvalue weighted by atomic mass is 10.1. The zero-order valence-corrected chi connectivity index (χ0v) is 10.4. The largest absolute Gasteiger partial charge is 0.464 e. The summed E-state index contributed by atoms with van der Waals surface area (Å²) in [6.07, 6.45) is 0.0756. The third kappa shape index (κ3) is 1.85. The van der Waals surface area contributed by atoms with E-state index >= 15 is 0 Å². The van der Waals surface area contributed by atoms with E-state index in [2.05, 4.69) is 10.3 Å². The third-order valence-electron chi connectivity index (χ3n) is 3.10. The number of benzene rings is 1. The second kappa shape index (κ2) is 4.38. The van der Waals surface area contributed by atoms with Crippen LogP contribution < -0.4 is 5.32 Å². The highest BCUT2D eigenvalue weighted by molar-refractivity contribution is 5.98. The SMILES string of the molecule is CCOC(=O)[C@H]1CC(=O)Nc2nc3ccccc3n21. The molecule has 19 heavy (non-hydrogen) atoms. The van der Waals surface area contributed by atoms with Gasteiger partial charge in [0.15, 0.2) is 0 Å². The molecule has 1 N–H and O–H groups in total. The first-order valence-corrected chi connectivity index (χ1v) is 6.14. The number of fused-ring (bicyclic) bond motifs is 3. The van der Waals surface area contributed by atoms with Gasteiger partial charge in [-0.25, -0.2) is 9.78 Å². The average Bonchev–Trinajstić information content (AvgIpc) is 2.75. The molecule has 0 saturated heterocycles. The van der Waals surface area contributed by atoms with E-state index in [9.17, 15) is 9.59 Å². The molecule has 2 heterocycles. The van der Waals surface area contributed by atoms with Crippen LogP contribution in [0.2, 0.25) is 0 Å². The van der Waals surface area contributed by atoms with Crippen molar-refractivity contribution < 1.29 is 14.3 Å². The number of nitrogens with zero attached hydrogens (tertiary/aromatic N) is 2. The second-order valence-electron chi connectivity index (χ2n) is 4.31. The summed E-state index contributed by atoms with van der Waals surface area (Å²) in [4.78, 5) is 28.0. The zero-order valence-electron chi connectivity index (χ0n) is 10.4. The van der Waals surface area contributed by atoms with Gasteiger partial charge in [0.25, 0.3) is 0 Å². The number of carbonyl (C=O) groups is 2. The number of anilines is 1. The number of rotatable bonds is 2. The minimum atomic E-state index is -0.643. The summed E-state index contributed by atoms with van der Waals surface area (Å²) in [5.74, 6) is -0.224. The number of para-hydroxylation sites is 2. The van der Waals surface area contributed by atoms with Crippen LogP contribution >= 0.6 is 0 Å². The number of carbonyl (C=O) groups excluding carboxylic acids is 2. The highest BCUT2D eigenvalue weighted by Crippen LogP contribution is 2.30. The van der Waals surface area contributed by atoms with Crippen LogP contribution in [-0.4, -0.2) is 28.0 Å². The first kappa shape index (κ1) is 11.7. The lowest BCUT2D eigenvalue weighted by Crippen LogP contribution is -2.33. The standard InChI is InChI=1S/C13H13N3O3/c1-2-19-12(18)10-7-11(17)15-13-14-8-5-3-4-6-9(8)16(10)13/h3-6,10H,2,7H2,1H3,(H,14,15,17)/t10-/m1/s1. The number of aromatic nitrogens is 2. The predicted octanol–water partition coefficient (Wildman–Crippen LogP) is 1.48. The maximum atomic E-state index is 12.0. The van der Waals surface area contributed by atoms with E-state index in [-0.39, 0.29) is 12.3 Å². The summed E-state index contributed by atoms with van der Waals surface area (Å²) < 4.78 is 6.77. The van der Waals surface area contributed by atoms with Gasteiger partial charge in [-0.3, -0.25) is 14.7 Å². The van der Waals surface area contributed by atoms with Crippen molar-refractivity contribution in [3.05, 3.63) is 24.3 Å². The maximum Gasteiger partial charge on any atom is 0.329 e. The minimum absolute atomic E-state index is 0.0756. The van der Waals surface area contributed by atoms with Crippen molar-refractivity contribution >= 4 is 28.9 Å². The van der Waals surface area contributed by atoms with Crippen molar-refractivity contribution in [2.45, 2.75) is 19.4 Å². The van der Waals surface area contributed by atoms with E-state index in [4.69, 9.17) is 4.74 Å². The molecule has 1 aromatic heterocycles. The van der Waals surface area contributed by atoms with Crippen LogP contribution in [0.1, 0.15) is 19.4 Å². The molecular formula is C13H13N3O3. The quantitative estimate of drug-likeness (QED) is 0.829. The van der Waals surface area contributed by atoms with E-state index in [1.54, 1.807) is 11.5 Å². The molecule has 0 fully saturated rings. The molecule has 1 atom stereocenters. The average molecular weight is 259 g/mol. The predicted molar refractivity (Wildman–Crippen MR) is 68.6 cm³/mol. The topological polar surface area (TPSA) is 73.2 Å². The molecule has 1 aromatic carbocycles. The molecule has 0 aliphatic carbocycles. The Hall–Kier alpha value is -2.37. The summed E-state index contributed by atoms with van der Waals surface area (Å²) in [7, 11) is 0. The lowest BCUT2D eigenvalue weighted by molar-refractivity contribution is -0.148. The van der Waals surface area contributed by atoms with Crippen molar-refractivity contribution in [2.24, 2.45) is 0 Å². The van der Waals surface area contributed by atoms with Crippen molar-refractivity contribution in [3.8, 4) is 0 Å². The number of hydrogen-bond acceptors (Lipinski definition) is 4. The van der Waals surface area contributed by atoms with Gasteiger partial charge in [0.05, 0.1) is 24.1 Å². The molecule has 0 saturated carbocycles. The molecule has 0 radical (unpaired) electrons. The summed E-state index contributed by atoms with van der Waals surface area (Å²) in [5, 5.41) is 2.68. The molecule has 0 bridgehead atoms. The number of amides is 1. The first-order chi connectivity index (χ1) is 9.20. The number of hydrogen-bond donors (Lipinski definition) is 1. The fourth-order valence-corrected chi connectivity index (χ4v) is 2.32. The van der Waals surface area contributed by atoms with E-state index in [0.717, 1.165) is 11.0 Å². The Balaban J connectivity index is 2.15. The lowest BCUT2D eigenvalue weighted by Gasteiger charge is -2.23. The Morgan fingerprint density at radius 1 is 1.53 bits per heavy atom. The molecule has 2 aromatic rings. The van der Waals surface area contributed by atoms with E-state index in [1.165, 1.54) is 0 Å². The Morgan fingerprint density at radius 2 is 2.32 bits per heavy atom.